The molecule has 0 aromatic carbocycles. The number of likely N-dealkylation sites (tertiary alicyclic amines) is 1. The molecule has 0 amide bonds. The fourth-order valence-corrected chi connectivity index (χ4v) is 3.74. The molecule has 94 valence electrons. The third-order valence-corrected chi connectivity index (χ3v) is 4.72. The second-order valence-corrected chi connectivity index (χ2v) is 5.73. The Balaban J connectivity index is 1.88. The Bertz CT molecular complexity index is 199. The summed E-state index contributed by atoms with van der Waals surface area (Å²) in [6, 6.07) is 1.63. The topological polar surface area (TPSA) is 15.3 Å². The molecule has 0 radical (unpaired) electrons. The van der Waals surface area contributed by atoms with E-state index in [1.165, 1.54) is 58.0 Å². The molecule has 16 heavy (non-hydrogen) atoms. The van der Waals surface area contributed by atoms with Crippen molar-refractivity contribution in [3.8, 4) is 0 Å². The van der Waals surface area contributed by atoms with Gasteiger partial charge in [-0.25, -0.2) is 0 Å². The lowest BCUT2D eigenvalue weighted by atomic mass is 9.84. The van der Waals surface area contributed by atoms with Crippen LogP contribution in [0, 0.1) is 5.92 Å². The summed E-state index contributed by atoms with van der Waals surface area (Å²) in [5, 5.41) is 3.36. The molecule has 2 unspecified atom stereocenters. The fraction of sp³-hybridized carbons (Fsp3) is 1.00. The van der Waals surface area contributed by atoms with Crippen LogP contribution in [0.4, 0.5) is 0 Å². The van der Waals surface area contributed by atoms with Crippen LogP contribution in [0.25, 0.3) is 0 Å². The molecule has 2 aliphatic rings. The average molecular weight is 224 g/mol. The van der Waals surface area contributed by atoms with Crippen molar-refractivity contribution < 1.29 is 0 Å². The first-order valence-corrected chi connectivity index (χ1v) is 7.23. The highest BCUT2D eigenvalue weighted by molar-refractivity contribution is 4.88. The second-order valence-electron chi connectivity index (χ2n) is 5.73. The monoisotopic (exact) mass is 224 g/mol. The molecule has 2 fully saturated rings. The number of rotatable bonds is 4. The van der Waals surface area contributed by atoms with E-state index < -0.39 is 0 Å². The third-order valence-electron chi connectivity index (χ3n) is 4.72. The van der Waals surface area contributed by atoms with Gasteiger partial charge >= 0.3 is 0 Å². The van der Waals surface area contributed by atoms with E-state index in [9.17, 15) is 0 Å². The molecule has 2 rings (SSSR count). The van der Waals surface area contributed by atoms with Gasteiger partial charge in [-0.15, -0.1) is 0 Å². The van der Waals surface area contributed by atoms with Crippen LogP contribution in [-0.2, 0) is 0 Å². The summed E-state index contributed by atoms with van der Waals surface area (Å²) in [5.41, 5.74) is 0. The largest absolute Gasteiger partial charge is 0.318 e. The maximum absolute atomic E-state index is 3.36. The molecule has 0 bridgehead atoms. The summed E-state index contributed by atoms with van der Waals surface area (Å²) in [7, 11) is 2.09. The summed E-state index contributed by atoms with van der Waals surface area (Å²) in [5.74, 6) is 0.978. The Hall–Kier alpha value is -0.0800. The molecule has 2 nitrogen and oxygen atoms in total. The molecular formula is C14H28N2. The Morgan fingerprint density at radius 3 is 2.56 bits per heavy atom. The van der Waals surface area contributed by atoms with E-state index in [1.54, 1.807) is 0 Å². The van der Waals surface area contributed by atoms with Crippen LogP contribution in [0.1, 0.15) is 51.9 Å². The highest BCUT2D eigenvalue weighted by Gasteiger charge is 2.32. The van der Waals surface area contributed by atoms with E-state index in [0.29, 0.717) is 0 Å². The van der Waals surface area contributed by atoms with Crippen LogP contribution in [0.3, 0.4) is 0 Å². The maximum Gasteiger partial charge on any atom is 0.0223 e. The van der Waals surface area contributed by atoms with Crippen LogP contribution >= 0.6 is 0 Å². The normalized spacial score (nSPS) is 30.8. The Kier molecular flexibility index (Phi) is 4.66. The third kappa shape index (κ3) is 2.78. The zero-order valence-corrected chi connectivity index (χ0v) is 11.0. The van der Waals surface area contributed by atoms with Gasteiger partial charge in [-0.1, -0.05) is 19.3 Å². The molecule has 0 aromatic rings. The van der Waals surface area contributed by atoms with Crippen LogP contribution in [0.5, 0.6) is 0 Å². The number of hydrogen-bond donors (Lipinski definition) is 1. The lowest BCUT2D eigenvalue weighted by molar-refractivity contribution is 0.117. The second kappa shape index (κ2) is 6.02. The standard InChI is InChI=1S/C14H28N2/c1-12(13-7-4-3-5-8-13)16-10-6-9-14(16)11-15-2/h12-15H,3-11H2,1-2H3. The summed E-state index contributed by atoms with van der Waals surface area (Å²) < 4.78 is 0. The first-order valence-electron chi connectivity index (χ1n) is 7.23. The average Bonchev–Trinajstić information content (AvgIpc) is 2.78. The molecule has 2 atom stereocenters. The van der Waals surface area contributed by atoms with Gasteiger partial charge < -0.3 is 5.32 Å². The van der Waals surface area contributed by atoms with Crippen molar-refractivity contribution in [3.63, 3.8) is 0 Å². The van der Waals surface area contributed by atoms with Crippen LogP contribution in [0.15, 0.2) is 0 Å². The highest BCUT2D eigenvalue weighted by atomic mass is 15.2. The smallest absolute Gasteiger partial charge is 0.0223 e. The molecule has 2 heteroatoms. The van der Waals surface area contributed by atoms with E-state index in [-0.39, 0.29) is 0 Å². The summed E-state index contributed by atoms with van der Waals surface area (Å²) >= 11 is 0. The minimum Gasteiger partial charge on any atom is -0.318 e. The van der Waals surface area contributed by atoms with Gasteiger partial charge in [0.1, 0.15) is 0 Å². The van der Waals surface area contributed by atoms with E-state index in [2.05, 4.69) is 24.2 Å². The Morgan fingerprint density at radius 2 is 1.88 bits per heavy atom. The van der Waals surface area contributed by atoms with Gasteiger partial charge in [0.25, 0.3) is 0 Å². The van der Waals surface area contributed by atoms with Crippen LogP contribution in [-0.4, -0.2) is 37.1 Å². The molecule has 0 spiro atoms. The van der Waals surface area contributed by atoms with Gasteiger partial charge in [0.05, 0.1) is 0 Å². The van der Waals surface area contributed by atoms with Crippen molar-refractivity contribution in [2.45, 2.75) is 64.0 Å². The van der Waals surface area contributed by atoms with Gasteiger partial charge in [-0.3, -0.25) is 4.90 Å². The van der Waals surface area contributed by atoms with Gasteiger partial charge in [-0.2, -0.15) is 0 Å². The summed E-state index contributed by atoms with van der Waals surface area (Å²) in [4.78, 5) is 2.78. The van der Waals surface area contributed by atoms with Crippen molar-refractivity contribution in [2.24, 2.45) is 5.92 Å². The molecule has 0 aromatic heterocycles. The zero-order chi connectivity index (χ0) is 11.4. The first-order chi connectivity index (χ1) is 7.83. The van der Waals surface area contributed by atoms with Crippen molar-refractivity contribution in [1.82, 2.24) is 10.2 Å². The minimum absolute atomic E-state index is 0.807. The number of nitrogens with one attached hydrogen (secondary N) is 1. The predicted molar refractivity (Wildman–Crippen MR) is 69.7 cm³/mol. The van der Waals surface area contributed by atoms with Crippen molar-refractivity contribution >= 4 is 0 Å². The zero-order valence-electron chi connectivity index (χ0n) is 11.0. The van der Waals surface area contributed by atoms with E-state index in [4.69, 9.17) is 0 Å². The Morgan fingerprint density at radius 1 is 1.12 bits per heavy atom. The van der Waals surface area contributed by atoms with Crippen molar-refractivity contribution in [3.05, 3.63) is 0 Å². The van der Waals surface area contributed by atoms with Crippen LogP contribution in [0.2, 0.25) is 0 Å². The van der Waals surface area contributed by atoms with Crippen molar-refractivity contribution in [1.29, 1.82) is 0 Å². The molecule has 1 saturated carbocycles. The predicted octanol–water partition coefficient (Wildman–Crippen LogP) is 2.64. The lowest BCUT2D eigenvalue weighted by Gasteiger charge is -2.37. The number of hydrogen-bond acceptors (Lipinski definition) is 2. The summed E-state index contributed by atoms with van der Waals surface area (Å²) in [6.07, 6.45) is 10.2. The van der Waals surface area contributed by atoms with Crippen molar-refractivity contribution in [2.75, 3.05) is 20.1 Å². The van der Waals surface area contributed by atoms with Gasteiger partial charge in [-0.05, 0) is 52.1 Å². The van der Waals surface area contributed by atoms with E-state index >= 15 is 0 Å². The maximum atomic E-state index is 3.36. The van der Waals surface area contributed by atoms with Gasteiger partial charge in [0, 0.05) is 18.6 Å². The minimum atomic E-state index is 0.807. The highest BCUT2D eigenvalue weighted by Crippen LogP contribution is 2.32. The SMILES string of the molecule is CNCC1CCCN1C(C)C1CCCCC1. The Labute approximate surface area is 101 Å². The van der Waals surface area contributed by atoms with E-state index in [1.807, 2.05) is 0 Å². The molecule has 1 aliphatic heterocycles. The summed E-state index contributed by atoms with van der Waals surface area (Å²) in [6.45, 7) is 4.99. The fourth-order valence-electron chi connectivity index (χ4n) is 3.74. The molecule has 1 N–H and O–H groups in total. The molecular weight excluding hydrogens is 196 g/mol. The van der Waals surface area contributed by atoms with Gasteiger partial charge in [0.2, 0.25) is 0 Å². The van der Waals surface area contributed by atoms with Crippen LogP contribution < -0.4 is 5.32 Å². The quantitative estimate of drug-likeness (QED) is 0.790. The lowest BCUT2D eigenvalue weighted by Crippen LogP contribution is -2.45. The molecule has 1 aliphatic carbocycles. The first kappa shape index (κ1) is 12.4. The molecule has 1 heterocycles. The number of likely N-dealkylation sites (N-methyl/N-ethyl adjacent to an activating group) is 1. The van der Waals surface area contributed by atoms with E-state index in [0.717, 1.165) is 18.0 Å². The number of nitrogens with zero attached hydrogens (tertiary/aromatic N) is 1. The molecule has 1 saturated heterocycles. The van der Waals surface area contributed by atoms with Gasteiger partial charge in [0.15, 0.2) is 0 Å².